The summed E-state index contributed by atoms with van der Waals surface area (Å²) in [7, 11) is 0. The Bertz CT molecular complexity index is 410. The van der Waals surface area contributed by atoms with E-state index in [2.05, 4.69) is 6.92 Å². The van der Waals surface area contributed by atoms with Gasteiger partial charge in [0.05, 0.1) is 6.42 Å². The largest absolute Gasteiger partial charge is 0.328 e. The summed E-state index contributed by atoms with van der Waals surface area (Å²) in [5, 5.41) is 0. The van der Waals surface area contributed by atoms with E-state index in [1.807, 2.05) is 25.1 Å². The van der Waals surface area contributed by atoms with Gasteiger partial charge in [0.25, 0.3) is 0 Å². The fourth-order valence-electron chi connectivity index (χ4n) is 1.50. The minimum Gasteiger partial charge on any atom is -0.328 e. The Balaban J connectivity index is 0.000000249. The number of hydrogen-bond donors (Lipinski definition) is 1. The highest BCUT2D eigenvalue weighted by Gasteiger charge is 2.21. The number of carbonyl (C=O) groups excluding carboxylic acids is 2. The summed E-state index contributed by atoms with van der Waals surface area (Å²) < 4.78 is 0. The zero-order valence-electron chi connectivity index (χ0n) is 10.4. The first kappa shape index (κ1) is 13.6. The SMILES string of the molecule is CCC(C)N.O=C1CC(=O)c2ccccc2C1. The van der Waals surface area contributed by atoms with Gasteiger partial charge in [0.1, 0.15) is 5.78 Å². The topological polar surface area (TPSA) is 60.2 Å². The van der Waals surface area contributed by atoms with Crippen LogP contribution >= 0.6 is 0 Å². The Kier molecular flexibility index (Phi) is 5.04. The number of ketones is 2. The molecule has 0 amide bonds. The van der Waals surface area contributed by atoms with Crippen molar-refractivity contribution in [3.05, 3.63) is 35.4 Å². The normalized spacial score (nSPS) is 15.7. The zero-order valence-corrected chi connectivity index (χ0v) is 10.4. The maximum Gasteiger partial charge on any atom is 0.170 e. The van der Waals surface area contributed by atoms with Crippen molar-refractivity contribution in [3.63, 3.8) is 0 Å². The molecule has 0 heterocycles. The zero-order chi connectivity index (χ0) is 12.8. The molecule has 2 rings (SSSR count). The predicted molar refractivity (Wildman–Crippen MR) is 68.0 cm³/mol. The summed E-state index contributed by atoms with van der Waals surface area (Å²) >= 11 is 0. The fourth-order valence-corrected chi connectivity index (χ4v) is 1.50. The van der Waals surface area contributed by atoms with Crippen molar-refractivity contribution in [3.8, 4) is 0 Å². The molecular weight excluding hydrogens is 214 g/mol. The molecule has 0 bridgehead atoms. The molecule has 0 aliphatic heterocycles. The van der Waals surface area contributed by atoms with E-state index in [1.165, 1.54) is 0 Å². The molecule has 1 aliphatic carbocycles. The van der Waals surface area contributed by atoms with Gasteiger partial charge in [-0.15, -0.1) is 0 Å². The third kappa shape index (κ3) is 4.11. The minimum atomic E-state index is -0.0400. The van der Waals surface area contributed by atoms with E-state index in [1.54, 1.807) is 6.07 Å². The average Bonchev–Trinajstić information content (AvgIpc) is 2.29. The first-order chi connectivity index (χ1) is 8.04. The number of nitrogens with two attached hydrogens (primary N) is 1. The lowest BCUT2D eigenvalue weighted by atomic mass is 9.90. The van der Waals surface area contributed by atoms with E-state index in [9.17, 15) is 9.59 Å². The van der Waals surface area contributed by atoms with Crippen LogP contribution in [0.25, 0.3) is 0 Å². The maximum atomic E-state index is 11.3. The van der Waals surface area contributed by atoms with E-state index in [-0.39, 0.29) is 18.0 Å². The first-order valence-electron chi connectivity index (χ1n) is 5.93. The van der Waals surface area contributed by atoms with E-state index in [4.69, 9.17) is 5.73 Å². The summed E-state index contributed by atoms with van der Waals surface area (Å²) in [6, 6.07) is 7.68. The molecule has 0 radical (unpaired) electrons. The van der Waals surface area contributed by atoms with Gasteiger partial charge in [-0.2, -0.15) is 0 Å². The molecule has 1 atom stereocenters. The van der Waals surface area contributed by atoms with Crippen LogP contribution in [0.4, 0.5) is 0 Å². The van der Waals surface area contributed by atoms with Gasteiger partial charge >= 0.3 is 0 Å². The van der Waals surface area contributed by atoms with Crippen molar-refractivity contribution in [2.24, 2.45) is 5.73 Å². The Morgan fingerprint density at radius 3 is 2.41 bits per heavy atom. The van der Waals surface area contributed by atoms with Crippen LogP contribution in [0, 0.1) is 0 Å². The number of benzene rings is 1. The summed E-state index contributed by atoms with van der Waals surface area (Å²) in [5.41, 5.74) is 6.89. The first-order valence-corrected chi connectivity index (χ1v) is 5.93. The van der Waals surface area contributed by atoms with E-state index in [0.29, 0.717) is 12.5 Å². The molecule has 2 N–H and O–H groups in total. The highest BCUT2D eigenvalue weighted by Crippen LogP contribution is 2.18. The summed E-state index contributed by atoms with van der Waals surface area (Å²) in [6.45, 7) is 4.07. The van der Waals surface area contributed by atoms with Gasteiger partial charge in [0.2, 0.25) is 0 Å². The van der Waals surface area contributed by atoms with E-state index >= 15 is 0 Å². The highest BCUT2D eigenvalue weighted by atomic mass is 16.1. The molecule has 0 aromatic heterocycles. The highest BCUT2D eigenvalue weighted by molar-refractivity contribution is 6.12. The van der Waals surface area contributed by atoms with Crippen LogP contribution in [0.3, 0.4) is 0 Å². The van der Waals surface area contributed by atoms with Crippen molar-refractivity contribution in [2.45, 2.75) is 39.2 Å². The second-order valence-electron chi connectivity index (χ2n) is 4.36. The van der Waals surface area contributed by atoms with Crippen LogP contribution in [0.15, 0.2) is 24.3 Å². The van der Waals surface area contributed by atoms with Gasteiger partial charge in [0, 0.05) is 18.0 Å². The summed E-state index contributed by atoms with van der Waals surface area (Å²) in [5.74, 6) is -0.0134. The molecule has 1 aromatic rings. The number of fused-ring (bicyclic) bond motifs is 1. The Labute approximate surface area is 102 Å². The van der Waals surface area contributed by atoms with Crippen LogP contribution in [-0.2, 0) is 11.2 Å². The lowest BCUT2D eigenvalue weighted by molar-refractivity contribution is -0.117. The van der Waals surface area contributed by atoms with Crippen molar-refractivity contribution in [2.75, 3.05) is 0 Å². The van der Waals surface area contributed by atoms with Gasteiger partial charge in [0.15, 0.2) is 5.78 Å². The monoisotopic (exact) mass is 233 g/mol. The molecule has 1 aromatic carbocycles. The van der Waals surface area contributed by atoms with Crippen molar-refractivity contribution in [1.29, 1.82) is 0 Å². The standard InChI is InChI=1S/C10H8O2.C4H11N/c11-8-5-7-3-1-2-4-9(7)10(12)6-8;1-3-4(2)5/h1-4H,5-6H2;4H,3,5H2,1-2H3. The van der Waals surface area contributed by atoms with Gasteiger partial charge in [-0.05, 0) is 18.9 Å². The maximum absolute atomic E-state index is 11.3. The third-order valence-corrected chi connectivity index (χ3v) is 2.71. The van der Waals surface area contributed by atoms with Gasteiger partial charge in [-0.25, -0.2) is 0 Å². The van der Waals surface area contributed by atoms with Crippen molar-refractivity contribution in [1.82, 2.24) is 0 Å². The molecule has 3 heteroatoms. The molecule has 1 unspecified atom stereocenters. The van der Waals surface area contributed by atoms with Crippen LogP contribution in [-0.4, -0.2) is 17.6 Å². The van der Waals surface area contributed by atoms with Crippen LogP contribution in [0.1, 0.15) is 42.6 Å². The lowest BCUT2D eigenvalue weighted by Gasteiger charge is -2.12. The van der Waals surface area contributed by atoms with E-state index in [0.717, 1.165) is 17.5 Å². The average molecular weight is 233 g/mol. The molecule has 3 nitrogen and oxygen atoms in total. The van der Waals surface area contributed by atoms with Crippen LogP contribution < -0.4 is 5.73 Å². The quantitative estimate of drug-likeness (QED) is 0.756. The molecule has 0 saturated carbocycles. The number of rotatable bonds is 1. The fraction of sp³-hybridized carbons (Fsp3) is 0.429. The molecular formula is C14H19NO2. The smallest absolute Gasteiger partial charge is 0.170 e. The van der Waals surface area contributed by atoms with Crippen molar-refractivity contribution < 1.29 is 9.59 Å². The third-order valence-electron chi connectivity index (χ3n) is 2.71. The minimum absolute atomic E-state index is 0.0266. The number of carbonyl (C=O) groups is 2. The van der Waals surface area contributed by atoms with Gasteiger partial charge in [-0.3, -0.25) is 9.59 Å². The Morgan fingerprint density at radius 1 is 1.24 bits per heavy atom. The molecule has 0 saturated heterocycles. The molecule has 1 aliphatic rings. The predicted octanol–water partition coefficient (Wildman–Crippen LogP) is 2.13. The Hall–Kier alpha value is -1.48. The van der Waals surface area contributed by atoms with Gasteiger partial charge in [-0.1, -0.05) is 31.2 Å². The molecule has 0 spiro atoms. The number of Topliss-reactive ketones (excluding diaryl/α,β-unsaturated/α-hetero) is 2. The van der Waals surface area contributed by atoms with Crippen molar-refractivity contribution >= 4 is 11.6 Å². The number of hydrogen-bond acceptors (Lipinski definition) is 3. The van der Waals surface area contributed by atoms with Crippen LogP contribution in [0.5, 0.6) is 0 Å². The van der Waals surface area contributed by atoms with E-state index < -0.39 is 0 Å². The Morgan fingerprint density at radius 2 is 1.82 bits per heavy atom. The summed E-state index contributed by atoms with van der Waals surface area (Å²) in [4.78, 5) is 22.3. The molecule has 0 fully saturated rings. The second-order valence-corrected chi connectivity index (χ2v) is 4.36. The van der Waals surface area contributed by atoms with Crippen LogP contribution in [0.2, 0.25) is 0 Å². The lowest BCUT2D eigenvalue weighted by Crippen LogP contribution is -2.19. The summed E-state index contributed by atoms with van der Waals surface area (Å²) in [6.07, 6.45) is 1.58. The molecule has 17 heavy (non-hydrogen) atoms. The molecule has 92 valence electrons. The van der Waals surface area contributed by atoms with Gasteiger partial charge < -0.3 is 5.73 Å². The second kappa shape index (κ2) is 6.30.